The van der Waals surface area contributed by atoms with Gasteiger partial charge in [-0.05, 0) is 54.4 Å². The van der Waals surface area contributed by atoms with Gasteiger partial charge in [-0.3, -0.25) is 10.1 Å². The van der Waals surface area contributed by atoms with Crippen molar-refractivity contribution >= 4 is 21.9 Å². The van der Waals surface area contributed by atoms with E-state index < -0.39 is 0 Å². The predicted octanol–water partition coefficient (Wildman–Crippen LogP) is 4.48. The highest BCUT2D eigenvalue weighted by atomic mass is 15.1. The summed E-state index contributed by atoms with van der Waals surface area (Å²) in [6.07, 6.45) is 5.51. The molecule has 0 saturated carbocycles. The molecule has 0 radical (unpaired) electrons. The molecule has 5 rings (SSSR count). The van der Waals surface area contributed by atoms with Gasteiger partial charge >= 0.3 is 0 Å². The highest BCUT2D eigenvalue weighted by Crippen LogP contribution is 2.32. The van der Waals surface area contributed by atoms with Crippen molar-refractivity contribution in [1.82, 2.24) is 25.1 Å². The summed E-state index contributed by atoms with van der Waals surface area (Å²) in [7, 11) is 0. The summed E-state index contributed by atoms with van der Waals surface area (Å²) in [6, 6.07) is 14.4. The maximum absolute atomic E-state index is 4.52. The Morgan fingerprint density at radius 1 is 1.00 bits per heavy atom. The smallest absolute Gasteiger partial charge is 0.137 e. The molecule has 1 aromatic carbocycles. The molecule has 0 aliphatic heterocycles. The molecule has 4 aromatic heterocycles. The third-order valence-electron chi connectivity index (χ3n) is 4.56. The number of nitrogens with zero attached hydrogens (tertiary/aromatic N) is 3. The zero-order valence-electron chi connectivity index (χ0n) is 13.6. The predicted molar refractivity (Wildman–Crippen MR) is 99.1 cm³/mol. The lowest BCUT2D eigenvalue weighted by molar-refractivity contribution is 1.12. The highest BCUT2D eigenvalue weighted by molar-refractivity contribution is 5.97. The fourth-order valence-corrected chi connectivity index (χ4v) is 3.24. The van der Waals surface area contributed by atoms with E-state index in [9.17, 15) is 0 Å². The van der Waals surface area contributed by atoms with E-state index in [0.29, 0.717) is 0 Å². The van der Waals surface area contributed by atoms with E-state index in [0.717, 1.165) is 44.5 Å². The molecule has 0 spiro atoms. The quantitative estimate of drug-likeness (QED) is 0.503. The fraction of sp³-hybridized carbons (Fsp3) is 0.0500. The standard InChI is InChI=1S/C20H15N5/c1-12-6-8-21-11-16(12)13-4-5-17-15(9-13)19(25-24-17)18-10-14-3-2-7-22-20(14)23-18/h2-11H,1H3,(H,22,23)(H,24,25). The van der Waals surface area contributed by atoms with Crippen molar-refractivity contribution in [3.63, 3.8) is 0 Å². The Morgan fingerprint density at radius 3 is 2.84 bits per heavy atom. The van der Waals surface area contributed by atoms with Crippen LogP contribution >= 0.6 is 0 Å². The summed E-state index contributed by atoms with van der Waals surface area (Å²) < 4.78 is 0. The van der Waals surface area contributed by atoms with Crippen LogP contribution in [-0.4, -0.2) is 25.1 Å². The van der Waals surface area contributed by atoms with Gasteiger partial charge in [0, 0.05) is 34.9 Å². The molecular weight excluding hydrogens is 310 g/mol. The van der Waals surface area contributed by atoms with E-state index in [1.54, 1.807) is 6.20 Å². The maximum atomic E-state index is 4.52. The minimum Gasteiger partial charge on any atom is -0.338 e. The second-order valence-electron chi connectivity index (χ2n) is 6.15. The molecule has 5 nitrogen and oxygen atoms in total. The summed E-state index contributed by atoms with van der Waals surface area (Å²) in [4.78, 5) is 12.0. The van der Waals surface area contributed by atoms with Crippen molar-refractivity contribution in [3.05, 3.63) is 66.6 Å². The number of hydrogen-bond acceptors (Lipinski definition) is 3. The number of H-pyrrole nitrogens is 2. The molecule has 4 heterocycles. The fourth-order valence-electron chi connectivity index (χ4n) is 3.24. The number of nitrogens with one attached hydrogen (secondary N) is 2. The zero-order chi connectivity index (χ0) is 16.8. The lowest BCUT2D eigenvalue weighted by Gasteiger charge is -2.05. The first kappa shape index (κ1) is 13.9. The van der Waals surface area contributed by atoms with Gasteiger partial charge in [-0.15, -0.1) is 0 Å². The molecule has 0 fully saturated rings. The van der Waals surface area contributed by atoms with Crippen LogP contribution in [0.25, 0.3) is 44.5 Å². The van der Waals surface area contributed by atoms with Crippen LogP contribution in [0.4, 0.5) is 0 Å². The molecule has 0 unspecified atom stereocenters. The van der Waals surface area contributed by atoms with Crippen molar-refractivity contribution in [2.24, 2.45) is 0 Å². The molecule has 25 heavy (non-hydrogen) atoms. The molecule has 0 aliphatic carbocycles. The summed E-state index contributed by atoms with van der Waals surface area (Å²) in [6.45, 7) is 2.10. The van der Waals surface area contributed by atoms with Gasteiger partial charge in [0.05, 0.1) is 11.2 Å². The van der Waals surface area contributed by atoms with Crippen LogP contribution in [0.5, 0.6) is 0 Å². The molecule has 0 saturated heterocycles. The van der Waals surface area contributed by atoms with E-state index in [4.69, 9.17) is 0 Å². The molecule has 0 bridgehead atoms. The van der Waals surface area contributed by atoms with Crippen LogP contribution in [0.1, 0.15) is 5.56 Å². The highest BCUT2D eigenvalue weighted by Gasteiger charge is 2.13. The summed E-state index contributed by atoms with van der Waals surface area (Å²) in [5, 5.41) is 9.79. The number of aryl methyl sites for hydroxylation is 1. The Bertz CT molecular complexity index is 1180. The number of hydrogen-bond donors (Lipinski definition) is 2. The third kappa shape index (κ3) is 2.21. The first-order valence-corrected chi connectivity index (χ1v) is 8.13. The second-order valence-corrected chi connectivity index (χ2v) is 6.15. The SMILES string of the molecule is Cc1ccncc1-c1ccc2[nH]nc(-c3cc4cccnc4[nH]3)c2c1. The molecular formula is C20H15N5. The maximum Gasteiger partial charge on any atom is 0.137 e. The van der Waals surface area contributed by atoms with Crippen LogP contribution in [0.15, 0.2) is 61.1 Å². The van der Waals surface area contributed by atoms with Gasteiger partial charge in [0.2, 0.25) is 0 Å². The van der Waals surface area contributed by atoms with Crippen LogP contribution in [-0.2, 0) is 0 Å². The van der Waals surface area contributed by atoms with Gasteiger partial charge in [-0.2, -0.15) is 5.10 Å². The molecule has 2 N–H and O–H groups in total. The van der Waals surface area contributed by atoms with Gasteiger partial charge < -0.3 is 4.98 Å². The number of aromatic nitrogens is 5. The van der Waals surface area contributed by atoms with Crippen LogP contribution in [0, 0.1) is 6.92 Å². The van der Waals surface area contributed by atoms with Gasteiger partial charge in [-0.1, -0.05) is 6.07 Å². The number of pyridine rings is 2. The number of aromatic amines is 2. The van der Waals surface area contributed by atoms with Crippen molar-refractivity contribution in [1.29, 1.82) is 0 Å². The number of benzene rings is 1. The van der Waals surface area contributed by atoms with Crippen LogP contribution < -0.4 is 0 Å². The monoisotopic (exact) mass is 325 g/mol. The van der Waals surface area contributed by atoms with Crippen molar-refractivity contribution in [3.8, 4) is 22.5 Å². The second kappa shape index (κ2) is 5.27. The Kier molecular flexibility index (Phi) is 2.94. The Hall–Kier alpha value is -3.47. The Morgan fingerprint density at radius 2 is 1.96 bits per heavy atom. The molecule has 5 heteroatoms. The average molecular weight is 325 g/mol. The first-order valence-electron chi connectivity index (χ1n) is 8.13. The average Bonchev–Trinajstić information content (AvgIpc) is 3.25. The zero-order valence-corrected chi connectivity index (χ0v) is 13.6. The molecule has 120 valence electrons. The first-order chi connectivity index (χ1) is 12.3. The Balaban J connectivity index is 1.71. The summed E-state index contributed by atoms with van der Waals surface area (Å²) in [5.41, 5.74) is 7.20. The number of fused-ring (bicyclic) bond motifs is 2. The van der Waals surface area contributed by atoms with E-state index in [-0.39, 0.29) is 0 Å². The van der Waals surface area contributed by atoms with Crippen molar-refractivity contribution in [2.45, 2.75) is 6.92 Å². The summed E-state index contributed by atoms with van der Waals surface area (Å²) >= 11 is 0. The minimum atomic E-state index is 0.868. The normalized spacial score (nSPS) is 11.4. The lowest BCUT2D eigenvalue weighted by atomic mass is 10.0. The minimum absolute atomic E-state index is 0.868. The molecule has 0 aliphatic rings. The van der Waals surface area contributed by atoms with Crippen molar-refractivity contribution < 1.29 is 0 Å². The number of rotatable bonds is 2. The van der Waals surface area contributed by atoms with Gasteiger partial charge in [0.15, 0.2) is 0 Å². The Labute approximate surface area is 143 Å². The lowest BCUT2D eigenvalue weighted by Crippen LogP contribution is -1.85. The van der Waals surface area contributed by atoms with Gasteiger partial charge in [0.25, 0.3) is 0 Å². The third-order valence-corrected chi connectivity index (χ3v) is 4.56. The topological polar surface area (TPSA) is 70.2 Å². The van der Waals surface area contributed by atoms with Crippen molar-refractivity contribution in [2.75, 3.05) is 0 Å². The van der Waals surface area contributed by atoms with Crippen LogP contribution in [0.3, 0.4) is 0 Å². The summed E-state index contributed by atoms with van der Waals surface area (Å²) in [5.74, 6) is 0. The van der Waals surface area contributed by atoms with E-state index in [1.165, 1.54) is 5.56 Å². The van der Waals surface area contributed by atoms with E-state index in [1.807, 2.05) is 30.6 Å². The van der Waals surface area contributed by atoms with Crippen LogP contribution in [0.2, 0.25) is 0 Å². The van der Waals surface area contributed by atoms with Gasteiger partial charge in [-0.25, -0.2) is 4.98 Å². The molecule has 0 amide bonds. The van der Waals surface area contributed by atoms with Gasteiger partial charge in [0.1, 0.15) is 11.3 Å². The molecule has 0 atom stereocenters. The molecule has 5 aromatic rings. The van der Waals surface area contributed by atoms with E-state index >= 15 is 0 Å². The largest absolute Gasteiger partial charge is 0.338 e. The van der Waals surface area contributed by atoms with E-state index in [2.05, 4.69) is 56.3 Å².